The highest BCUT2D eigenvalue weighted by Gasteiger charge is 2.11. The number of hydrogen-bond donors (Lipinski definition) is 2. The van der Waals surface area contributed by atoms with E-state index < -0.39 is 57.6 Å². The summed E-state index contributed by atoms with van der Waals surface area (Å²) >= 11 is 0. The number of aliphatic hydroxyl groups excluding tert-OH is 2. The van der Waals surface area contributed by atoms with E-state index in [0.29, 0.717) is 25.7 Å². The second kappa shape index (κ2) is 20.7. The van der Waals surface area contributed by atoms with Crippen molar-refractivity contribution in [1.82, 2.24) is 0 Å². The third kappa shape index (κ3) is 18.9. The summed E-state index contributed by atoms with van der Waals surface area (Å²) in [6.07, 6.45) is 1.51. The summed E-state index contributed by atoms with van der Waals surface area (Å²) in [7, 11) is 0. The monoisotopic (exact) mass is 389 g/mol. The predicted molar refractivity (Wildman–Crippen MR) is 112 cm³/mol. The van der Waals surface area contributed by atoms with Crippen LogP contribution in [0.5, 0.6) is 0 Å². The summed E-state index contributed by atoms with van der Waals surface area (Å²) in [6, 6.07) is 0. The molecule has 0 heterocycles. The van der Waals surface area contributed by atoms with Gasteiger partial charge in [0.1, 0.15) is 6.10 Å². The van der Waals surface area contributed by atoms with E-state index in [0.717, 1.165) is 6.08 Å². The van der Waals surface area contributed by atoms with E-state index in [1.54, 1.807) is 12.2 Å². The maximum atomic E-state index is 11.5. The van der Waals surface area contributed by atoms with Gasteiger partial charge in [0.15, 0.2) is 0 Å². The fourth-order valence-electron chi connectivity index (χ4n) is 1.81. The number of rotatable bonds is 17. The highest BCUT2D eigenvalue weighted by molar-refractivity contribution is 5.69. The molecular formula is C23H38O4. The van der Waals surface area contributed by atoms with Gasteiger partial charge in [-0.1, -0.05) is 68.2 Å². The average molecular weight is 390 g/mol. The Morgan fingerprint density at radius 3 is 2.15 bits per heavy atom. The molecule has 0 aliphatic carbocycles. The van der Waals surface area contributed by atoms with E-state index in [-0.39, 0.29) is 12.8 Å². The van der Waals surface area contributed by atoms with E-state index in [2.05, 4.69) is 0 Å². The number of carbonyl (C=O) groups is 1. The van der Waals surface area contributed by atoms with Gasteiger partial charge in [-0.3, -0.25) is 4.79 Å². The summed E-state index contributed by atoms with van der Waals surface area (Å²) in [5.41, 5.74) is 0. The van der Waals surface area contributed by atoms with Gasteiger partial charge in [-0.2, -0.15) is 0 Å². The molecule has 0 rings (SSSR count). The maximum absolute atomic E-state index is 11.5. The first-order chi connectivity index (χ1) is 17.4. The van der Waals surface area contributed by atoms with Gasteiger partial charge in [0.25, 0.3) is 0 Å². The van der Waals surface area contributed by atoms with Gasteiger partial charge in [-0.05, 0) is 44.8 Å². The van der Waals surface area contributed by atoms with Crippen LogP contribution >= 0.6 is 0 Å². The third-order valence-corrected chi connectivity index (χ3v) is 3.17. The van der Waals surface area contributed by atoms with Gasteiger partial charge in [0.2, 0.25) is 0 Å². The Labute approximate surface area is 180 Å². The van der Waals surface area contributed by atoms with Crippen LogP contribution in [0.25, 0.3) is 0 Å². The highest BCUT2D eigenvalue weighted by Crippen LogP contribution is 2.03. The number of carbonyl (C=O) groups excluding carboxylic acids is 1. The van der Waals surface area contributed by atoms with E-state index in [4.69, 9.17) is 30.0 Å². The number of aliphatic hydroxyl groups is 2. The lowest BCUT2D eigenvalue weighted by Crippen LogP contribution is -2.25. The molecule has 2 N–H and O–H groups in total. The first-order valence-electron chi connectivity index (χ1n) is 14.4. The van der Waals surface area contributed by atoms with Crippen LogP contribution in [-0.4, -0.2) is 35.5 Å². The minimum absolute atomic E-state index is 0.187. The van der Waals surface area contributed by atoms with Crippen LogP contribution in [0.15, 0.2) is 48.6 Å². The predicted octanol–water partition coefficient (Wildman–Crippen LogP) is 5.03. The topological polar surface area (TPSA) is 66.8 Å². The summed E-state index contributed by atoms with van der Waals surface area (Å²) in [4.78, 5) is 11.5. The van der Waals surface area contributed by atoms with Crippen LogP contribution in [0.3, 0.4) is 0 Å². The van der Waals surface area contributed by atoms with Crippen LogP contribution in [0.4, 0.5) is 0 Å². The smallest absolute Gasteiger partial charge is 0.306 e. The summed E-state index contributed by atoms with van der Waals surface area (Å²) in [5.74, 6) is -0.472. The fraction of sp³-hybridized carbons (Fsp3) is 0.609. The minimum Gasteiger partial charge on any atom is -0.457 e. The van der Waals surface area contributed by atoms with Crippen molar-refractivity contribution in [2.45, 2.75) is 77.0 Å². The molecule has 154 valence electrons. The SMILES string of the molecule is [2H]C([2H])([2H])C([2H])([2H])C([2H])([2H])C([2H])([2H])C([2H])([2H])/C=C/C/C=C/C/C=C/C/C=C/CCCC(=O)OC(CO)CO. The highest BCUT2D eigenvalue weighted by atomic mass is 16.6. The van der Waals surface area contributed by atoms with Gasteiger partial charge >= 0.3 is 5.97 Å². The van der Waals surface area contributed by atoms with Gasteiger partial charge in [0, 0.05) is 21.5 Å². The Morgan fingerprint density at radius 2 is 1.56 bits per heavy atom. The normalized spacial score (nSPS) is 21.1. The van der Waals surface area contributed by atoms with Crippen molar-refractivity contribution < 1.29 is 34.8 Å². The summed E-state index contributed by atoms with van der Waals surface area (Å²) in [6.45, 7) is -4.33. The molecule has 0 bridgehead atoms. The molecule has 0 fully saturated rings. The standard InChI is InChI=1S/C23H38O4/c1-2-3-4-5-6-7-8-9-10-11-12-13-14-15-16-17-18-19-23(26)27-22(20-24)21-25/h6-7,9-10,12-13,15-16,22,24-25H,2-5,8,11,14,17-21H2,1H3/b7-6+,10-9+,13-12+,16-15+/i1D3,2D2,3D2,4D2,5D2. The van der Waals surface area contributed by atoms with Crippen molar-refractivity contribution in [2.24, 2.45) is 0 Å². The summed E-state index contributed by atoms with van der Waals surface area (Å²) in [5, 5.41) is 17.7. The molecule has 0 amide bonds. The number of unbranched alkanes of at least 4 members (excludes halogenated alkanes) is 1. The molecule has 4 nitrogen and oxygen atoms in total. The van der Waals surface area contributed by atoms with Gasteiger partial charge in [-0.15, -0.1) is 0 Å². The van der Waals surface area contributed by atoms with Crippen molar-refractivity contribution in [3.63, 3.8) is 0 Å². The van der Waals surface area contributed by atoms with Crippen molar-refractivity contribution in [1.29, 1.82) is 0 Å². The van der Waals surface area contributed by atoms with Crippen LogP contribution in [-0.2, 0) is 9.53 Å². The zero-order valence-electron chi connectivity index (χ0n) is 26.6. The largest absolute Gasteiger partial charge is 0.457 e. The third-order valence-electron chi connectivity index (χ3n) is 3.17. The zero-order valence-corrected chi connectivity index (χ0v) is 15.6. The first-order valence-corrected chi connectivity index (χ1v) is 8.93. The lowest BCUT2D eigenvalue weighted by atomic mass is 10.2. The lowest BCUT2D eigenvalue weighted by Gasteiger charge is -2.11. The molecule has 0 aromatic carbocycles. The van der Waals surface area contributed by atoms with Crippen LogP contribution in [0.2, 0.25) is 0 Å². The van der Waals surface area contributed by atoms with Gasteiger partial charge in [0.05, 0.1) is 13.2 Å². The van der Waals surface area contributed by atoms with E-state index in [1.807, 2.05) is 24.3 Å². The molecule has 0 aliphatic heterocycles. The second-order valence-electron chi connectivity index (χ2n) is 5.41. The Kier molecular flexibility index (Phi) is 9.20. The molecule has 4 heteroatoms. The molecule has 0 aliphatic rings. The number of esters is 1. The van der Waals surface area contributed by atoms with Gasteiger partial charge < -0.3 is 14.9 Å². The lowest BCUT2D eigenvalue weighted by molar-refractivity contribution is -0.153. The first kappa shape index (κ1) is 12.0. The maximum Gasteiger partial charge on any atom is 0.306 e. The molecule has 0 radical (unpaired) electrons. The van der Waals surface area contributed by atoms with Crippen molar-refractivity contribution in [3.05, 3.63) is 48.6 Å². The van der Waals surface area contributed by atoms with Crippen LogP contribution < -0.4 is 0 Å². The van der Waals surface area contributed by atoms with Crippen molar-refractivity contribution in [3.8, 4) is 0 Å². The molecule has 0 saturated carbocycles. The molecule has 0 unspecified atom stereocenters. The van der Waals surface area contributed by atoms with Crippen LogP contribution in [0, 0.1) is 0 Å². The molecule has 0 aromatic rings. The number of hydrogen-bond acceptors (Lipinski definition) is 4. The Bertz CT molecular complexity index is 828. The van der Waals surface area contributed by atoms with E-state index >= 15 is 0 Å². The van der Waals surface area contributed by atoms with Crippen LogP contribution in [0.1, 0.15) is 85.9 Å². The Morgan fingerprint density at radius 1 is 0.963 bits per heavy atom. The second-order valence-corrected chi connectivity index (χ2v) is 5.41. The fourth-order valence-corrected chi connectivity index (χ4v) is 1.81. The molecule has 0 atom stereocenters. The molecule has 0 spiro atoms. The quantitative estimate of drug-likeness (QED) is 0.208. The Hall–Kier alpha value is -1.65. The minimum atomic E-state index is -3.65. The van der Waals surface area contributed by atoms with Crippen molar-refractivity contribution >= 4 is 5.97 Å². The number of ether oxygens (including phenoxy) is 1. The number of allylic oxidation sites excluding steroid dienone is 8. The van der Waals surface area contributed by atoms with E-state index in [1.165, 1.54) is 6.08 Å². The summed E-state index contributed by atoms with van der Waals surface area (Å²) < 4.78 is 88.8. The Balaban J connectivity index is 4.50. The molecular weight excluding hydrogens is 340 g/mol. The van der Waals surface area contributed by atoms with Crippen molar-refractivity contribution in [2.75, 3.05) is 13.2 Å². The molecule has 0 saturated heterocycles. The zero-order chi connectivity index (χ0) is 29.7. The van der Waals surface area contributed by atoms with E-state index in [9.17, 15) is 4.79 Å². The van der Waals surface area contributed by atoms with Gasteiger partial charge in [-0.25, -0.2) is 0 Å². The average Bonchev–Trinajstić information content (AvgIpc) is 2.81. The molecule has 27 heavy (non-hydrogen) atoms. The molecule has 0 aromatic heterocycles.